The summed E-state index contributed by atoms with van der Waals surface area (Å²) in [5.41, 5.74) is 7.19. The third kappa shape index (κ3) is 3.75. The van der Waals surface area contributed by atoms with Gasteiger partial charge in [0, 0.05) is 7.05 Å². The molecule has 1 amide bonds. The Morgan fingerprint density at radius 2 is 2.19 bits per heavy atom. The molecule has 2 rings (SSSR count). The number of hydrogen-bond donors (Lipinski definition) is 2. The van der Waals surface area contributed by atoms with Gasteiger partial charge in [0.2, 0.25) is 5.91 Å². The van der Waals surface area contributed by atoms with Crippen LogP contribution in [0.25, 0.3) is 0 Å². The van der Waals surface area contributed by atoms with Gasteiger partial charge >= 0.3 is 0 Å². The Hall–Kier alpha value is -2.02. The third-order valence-corrected chi connectivity index (χ3v) is 4.09. The molecule has 1 aromatic carbocycles. The summed E-state index contributed by atoms with van der Waals surface area (Å²) in [7, 11) is 1.83. The predicted molar refractivity (Wildman–Crippen MR) is 82.7 cm³/mol. The second-order valence-electron chi connectivity index (χ2n) is 4.73. The lowest BCUT2D eigenvalue weighted by molar-refractivity contribution is -0.115. The molecule has 3 N–H and O–H groups in total. The van der Waals surface area contributed by atoms with E-state index in [-0.39, 0.29) is 16.8 Å². The molecular formula is C14H17FN4OS. The Labute approximate surface area is 126 Å². The molecule has 5 nitrogen and oxygen atoms in total. The summed E-state index contributed by atoms with van der Waals surface area (Å²) in [4.78, 5) is 12.2. The van der Waals surface area contributed by atoms with Gasteiger partial charge in [-0.25, -0.2) is 4.39 Å². The highest BCUT2D eigenvalue weighted by atomic mass is 32.2. The van der Waals surface area contributed by atoms with E-state index in [4.69, 9.17) is 5.73 Å². The van der Waals surface area contributed by atoms with Crippen LogP contribution >= 0.6 is 11.8 Å². The molecule has 112 valence electrons. The number of anilines is 2. The molecule has 0 aliphatic carbocycles. The SMILES string of the molecule is Cc1cc(SC(C)C(=O)Nc2ccc(F)cc2N)n(C)n1. The largest absolute Gasteiger partial charge is 0.397 e. The van der Waals surface area contributed by atoms with Crippen LogP contribution in [0.5, 0.6) is 0 Å². The lowest BCUT2D eigenvalue weighted by Crippen LogP contribution is -2.23. The molecule has 0 radical (unpaired) electrons. The summed E-state index contributed by atoms with van der Waals surface area (Å²) in [6, 6.07) is 5.81. The average molecular weight is 308 g/mol. The van der Waals surface area contributed by atoms with Crippen LogP contribution in [0.1, 0.15) is 12.6 Å². The molecule has 0 aliphatic rings. The third-order valence-electron chi connectivity index (χ3n) is 2.90. The van der Waals surface area contributed by atoms with Crippen molar-refractivity contribution in [2.45, 2.75) is 24.1 Å². The van der Waals surface area contributed by atoms with Crippen molar-refractivity contribution < 1.29 is 9.18 Å². The zero-order valence-electron chi connectivity index (χ0n) is 12.1. The van der Waals surface area contributed by atoms with Gasteiger partial charge in [-0.1, -0.05) is 11.8 Å². The van der Waals surface area contributed by atoms with Crippen LogP contribution in [-0.4, -0.2) is 20.9 Å². The molecular weight excluding hydrogens is 291 g/mol. The maximum Gasteiger partial charge on any atom is 0.237 e. The van der Waals surface area contributed by atoms with Crippen LogP contribution in [0.2, 0.25) is 0 Å². The van der Waals surface area contributed by atoms with Crippen molar-refractivity contribution in [3.8, 4) is 0 Å². The topological polar surface area (TPSA) is 72.9 Å². The lowest BCUT2D eigenvalue weighted by atomic mass is 10.2. The highest BCUT2D eigenvalue weighted by molar-refractivity contribution is 8.00. The van der Waals surface area contributed by atoms with Gasteiger partial charge in [-0.15, -0.1) is 0 Å². The number of rotatable bonds is 4. The van der Waals surface area contributed by atoms with Crippen molar-refractivity contribution >= 4 is 29.0 Å². The lowest BCUT2D eigenvalue weighted by Gasteiger charge is -2.13. The zero-order valence-corrected chi connectivity index (χ0v) is 12.9. The Bertz CT molecular complexity index is 671. The molecule has 0 aliphatic heterocycles. The number of carbonyl (C=O) groups is 1. The summed E-state index contributed by atoms with van der Waals surface area (Å²) >= 11 is 1.40. The average Bonchev–Trinajstić information content (AvgIpc) is 2.71. The highest BCUT2D eigenvalue weighted by Gasteiger charge is 2.17. The molecule has 0 saturated heterocycles. The number of hydrogen-bond acceptors (Lipinski definition) is 4. The van der Waals surface area contributed by atoms with Crippen molar-refractivity contribution in [2.24, 2.45) is 7.05 Å². The van der Waals surface area contributed by atoms with Gasteiger partial charge in [-0.2, -0.15) is 5.10 Å². The molecule has 2 aromatic rings. The van der Waals surface area contributed by atoms with Gasteiger partial charge in [-0.3, -0.25) is 9.48 Å². The van der Waals surface area contributed by atoms with Crippen LogP contribution in [0.3, 0.4) is 0 Å². The van der Waals surface area contributed by atoms with Crippen LogP contribution in [-0.2, 0) is 11.8 Å². The van der Waals surface area contributed by atoms with E-state index in [1.54, 1.807) is 11.6 Å². The standard InChI is InChI=1S/C14H17FN4OS/c1-8-6-13(19(3)18-8)21-9(2)14(20)17-12-5-4-10(15)7-11(12)16/h4-7,9H,16H2,1-3H3,(H,17,20). The maximum atomic E-state index is 13.0. The van der Waals surface area contributed by atoms with E-state index in [0.29, 0.717) is 5.69 Å². The van der Waals surface area contributed by atoms with Gasteiger partial charge in [0.25, 0.3) is 0 Å². The fraction of sp³-hybridized carbons (Fsp3) is 0.286. The first-order valence-corrected chi connectivity index (χ1v) is 7.28. The number of thioether (sulfide) groups is 1. The quantitative estimate of drug-likeness (QED) is 0.672. The molecule has 1 atom stereocenters. The van der Waals surface area contributed by atoms with Gasteiger partial charge in [0.1, 0.15) is 5.82 Å². The van der Waals surface area contributed by atoms with E-state index in [0.717, 1.165) is 10.7 Å². The first kappa shape index (κ1) is 15.4. The van der Waals surface area contributed by atoms with Gasteiger partial charge in [-0.05, 0) is 38.1 Å². The fourth-order valence-electron chi connectivity index (χ4n) is 1.81. The first-order chi connectivity index (χ1) is 9.86. The summed E-state index contributed by atoms with van der Waals surface area (Å²) in [5.74, 6) is -0.629. The van der Waals surface area contributed by atoms with Gasteiger partial charge in [0.15, 0.2) is 0 Å². The smallest absolute Gasteiger partial charge is 0.237 e. The monoisotopic (exact) mass is 308 g/mol. The second-order valence-corrected chi connectivity index (χ2v) is 6.09. The first-order valence-electron chi connectivity index (χ1n) is 6.40. The normalized spacial score (nSPS) is 12.2. The van der Waals surface area contributed by atoms with Crippen molar-refractivity contribution in [3.05, 3.63) is 35.8 Å². The minimum atomic E-state index is -0.432. The van der Waals surface area contributed by atoms with Crippen molar-refractivity contribution in [1.29, 1.82) is 0 Å². The van der Waals surface area contributed by atoms with Gasteiger partial charge < -0.3 is 11.1 Å². The Balaban J connectivity index is 2.04. The molecule has 1 unspecified atom stereocenters. The number of nitrogen functional groups attached to an aromatic ring is 1. The number of amides is 1. The van der Waals surface area contributed by atoms with E-state index in [1.807, 2.05) is 20.0 Å². The number of carbonyl (C=O) groups excluding carboxylic acids is 1. The van der Waals surface area contributed by atoms with E-state index in [2.05, 4.69) is 10.4 Å². The number of aryl methyl sites for hydroxylation is 2. The molecule has 0 spiro atoms. The summed E-state index contributed by atoms with van der Waals surface area (Å²) in [6.45, 7) is 3.69. The Kier molecular flexibility index (Phi) is 4.52. The van der Waals surface area contributed by atoms with Crippen LogP contribution in [0.4, 0.5) is 15.8 Å². The van der Waals surface area contributed by atoms with E-state index in [9.17, 15) is 9.18 Å². The molecule has 21 heavy (non-hydrogen) atoms. The van der Waals surface area contributed by atoms with E-state index >= 15 is 0 Å². The summed E-state index contributed by atoms with van der Waals surface area (Å²) in [6.07, 6.45) is 0. The Morgan fingerprint density at radius 3 is 2.76 bits per heavy atom. The molecule has 1 aromatic heterocycles. The molecule has 0 bridgehead atoms. The van der Waals surface area contributed by atoms with Crippen molar-refractivity contribution in [2.75, 3.05) is 11.1 Å². The van der Waals surface area contributed by atoms with Crippen LogP contribution in [0, 0.1) is 12.7 Å². The van der Waals surface area contributed by atoms with Crippen LogP contribution in [0.15, 0.2) is 29.3 Å². The number of nitrogens with two attached hydrogens (primary N) is 1. The molecule has 0 fully saturated rings. The number of nitrogens with one attached hydrogen (secondary N) is 1. The van der Waals surface area contributed by atoms with Crippen molar-refractivity contribution in [1.82, 2.24) is 9.78 Å². The highest BCUT2D eigenvalue weighted by Crippen LogP contribution is 2.25. The Morgan fingerprint density at radius 1 is 1.48 bits per heavy atom. The van der Waals surface area contributed by atoms with E-state index in [1.165, 1.54) is 30.0 Å². The minimum absolute atomic E-state index is 0.197. The maximum absolute atomic E-state index is 13.0. The minimum Gasteiger partial charge on any atom is -0.397 e. The predicted octanol–water partition coefficient (Wildman–Crippen LogP) is 2.57. The van der Waals surface area contributed by atoms with Gasteiger partial charge in [0.05, 0.1) is 27.3 Å². The summed E-state index contributed by atoms with van der Waals surface area (Å²) < 4.78 is 14.7. The zero-order chi connectivity index (χ0) is 15.6. The second kappa shape index (κ2) is 6.17. The number of nitrogens with zero attached hydrogens (tertiary/aromatic N) is 2. The number of halogens is 1. The molecule has 7 heteroatoms. The van der Waals surface area contributed by atoms with E-state index < -0.39 is 5.82 Å². The number of benzene rings is 1. The summed E-state index contributed by atoms with van der Waals surface area (Å²) in [5, 5.41) is 7.51. The molecule has 0 saturated carbocycles. The van der Waals surface area contributed by atoms with Crippen molar-refractivity contribution in [3.63, 3.8) is 0 Å². The fourth-order valence-corrected chi connectivity index (χ4v) is 2.77. The number of aromatic nitrogens is 2. The molecule has 1 heterocycles. The van der Waals surface area contributed by atoms with Crippen LogP contribution < -0.4 is 11.1 Å².